The van der Waals surface area contributed by atoms with Crippen LogP contribution in [0.5, 0.6) is 0 Å². The molecule has 2 aromatic rings. The highest BCUT2D eigenvalue weighted by Crippen LogP contribution is 2.21. The maximum absolute atomic E-state index is 6.22. The van der Waals surface area contributed by atoms with E-state index >= 15 is 0 Å². The van der Waals surface area contributed by atoms with Gasteiger partial charge in [-0.05, 0) is 55.7 Å². The maximum Gasteiger partial charge on any atom is 0.0801 e. The number of benzene rings is 2. The van der Waals surface area contributed by atoms with Crippen LogP contribution >= 0.6 is 23.2 Å². The Morgan fingerprint density at radius 3 is 1.57 bits per heavy atom. The average Bonchev–Trinajstić information content (AvgIpc) is 2.68. The SMILES string of the molecule is CCC[N+](C)(CCCNc1ccc(C)c(Cl)c1)CCCNc1ccc(C)c(Cl)c1.[CH3-]. The Kier molecular flexibility index (Phi) is 11.6. The molecule has 2 rings (SSSR count). The Hall–Kier alpha value is -1.42. The first-order chi connectivity index (χ1) is 13.8. The van der Waals surface area contributed by atoms with Crippen molar-refractivity contribution in [2.24, 2.45) is 0 Å². The van der Waals surface area contributed by atoms with Gasteiger partial charge in [0.25, 0.3) is 0 Å². The molecular weight excluding hydrogens is 413 g/mol. The minimum atomic E-state index is 0. The van der Waals surface area contributed by atoms with Crippen LogP contribution in [-0.2, 0) is 0 Å². The van der Waals surface area contributed by atoms with Crippen molar-refractivity contribution in [3.05, 3.63) is 65.0 Å². The number of aryl methyl sites for hydroxylation is 2. The molecule has 3 nitrogen and oxygen atoms in total. The highest BCUT2D eigenvalue weighted by atomic mass is 35.5. The van der Waals surface area contributed by atoms with Gasteiger partial charge in [0.2, 0.25) is 0 Å². The second-order valence-corrected chi connectivity index (χ2v) is 9.09. The Balaban J connectivity index is 0.00000450. The smallest absolute Gasteiger partial charge is 0.0801 e. The van der Waals surface area contributed by atoms with Gasteiger partial charge < -0.3 is 22.5 Å². The summed E-state index contributed by atoms with van der Waals surface area (Å²) in [6, 6.07) is 12.4. The van der Waals surface area contributed by atoms with E-state index in [0.717, 1.165) is 63.0 Å². The van der Waals surface area contributed by atoms with Crippen molar-refractivity contribution in [3.63, 3.8) is 0 Å². The molecule has 2 aromatic carbocycles. The van der Waals surface area contributed by atoms with Gasteiger partial charge in [0.1, 0.15) is 0 Å². The molecule has 0 bridgehead atoms. The second-order valence-electron chi connectivity index (χ2n) is 8.28. The lowest BCUT2D eigenvalue weighted by atomic mass is 10.2. The third-order valence-electron chi connectivity index (χ3n) is 5.51. The summed E-state index contributed by atoms with van der Waals surface area (Å²) < 4.78 is 1.11. The van der Waals surface area contributed by atoms with Crippen LogP contribution in [-0.4, -0.2) is 44.3 Å². The van der Waals surface area contributed by atoms with E-state index in [9.17, 15) is 0 Å². The van der Waals surface area contributed by atoms with Gasteiger partial charge >= 0.3 is 0 Å². The van der Waals surface area contributed by atoms with E-state index in [-0.39, 0.29) is 7.43 Å². The normalized spacial score (nSPS) is 11.1. The monoisotopic (exact) mass is 451 g/mol. The molecule has 0 aromatic heterocycles. The second kappa shape index (κ2) is 13.1. The molecule has 0 spiro atoms. The number of halogens is 2. The standard InChI is InChI=1S/C24H36Cl2N3.CH3/c1-5-14-29(4,15-6-12-27-21-10-8-19(2)23(25)17-21)16-7-13-28-22-11-9-20(3)24(26)18-22;/h8-11,17-18,27-28H,5-7,12-16H2,1-4H3;1H3/q+1;-1. The van der Waals surface area contributed by atoms with Crippen molar-refractivity contribution in [2.75, 3.05) is 50.4 Å². The van der Waals surface area contributed by atoms with E-state index in [4.69, 9.17) is 23.2 Å². The van der Waals surface area contributed by atoms with E-state index in [0.29, 0.717) is 0 Å². The van der Waals surface area contributed by atoms with Crippen molar-refractivity contribution < 1.29 is 4.48 Å². The molecule has 0 radical (unpaired) electrons. The Morgan fingerprint density at radius 1 is 0.767 bits per heavy atom. The molecule has 5 heteroatoms. The van der Waals surface area contributed by atoms with Crippen LogP contribution in [0.15, 0.2) is 36.4 Å². The molecule has 30 heavy (non-hydrogen) atoms. The van der Waals surface area contributed by atoms with Gasteiger partial charge in [0, 0.05) is 47.4 Å². The average molecular weight is 453 g/mol. The highest BCUT2D eigenvalue weighted by Gasteiger charge is 2.19. The predicted octanol–water partition coefficient (Wildman–Crippen LogP) is 7.22. The molecule has 0 aliphatic carbocycles. The van der Waals surface area contributed by atoms with Gasteiger partial charge in [0.15, 0.2) is 0 Å². The molecule has 168 valence electrons. The van der Waals surface area contributed by atoms with Crippen LogP contribution in [0.2, 0.25) is 10.0 Å². The lowest BCUT2D eigenvalue weighted by Crippen LogP contribution is -2.47. The summed E-state index contributed by atoms with van der Waals surface area (Å²) in [6.07, 6.45) is 3.49. The topological polar surface area (TPSA) is 24.1 Å². The first kappa shape index (κ1) is 26.6. The third-order valence-corrected chi connectivity index (χ3v) is 6.33. The molecule has 0 aliphatic heterocycles. The Labute approximate surface area is 194 Å². The van der Waals surface area contributed by atoms with Crippen LogP contribution in [0.1, 0.15) is 37.3 Å². The number of nitrogens with one attached hydrogen (secondary N) is 2. The van der Waals surface area contributed by atoms with Crippen LogP contribution in [0.3, 0.4) is 0 Å². The van der Waals surface area contributed by atoms with Crippen LogP contribution in [0, 0.1) is 21.3 Å². The van der Waals surface area contributed by atoms with E-state index in [1.807, 2.05) is 26.0 Å². The summed E-state index contributed by atoms with van der Waals surface area (Å²) in [7, 11) is 2.38. The largest absolute Gasteiger partial charge is 0.385 e. The molecule has 0 saturated carbocycles. The van der Waals surface area contributed by atoms with Crippen LogP contribution in [0.4, 0.5) is 11.4 Å². The quantitative estimate of drug-likeness (QED) is 0.202. The zero-order chi connectivity index (χ0) is 21.3. The van der Waals surface area contributed by atoms with Crippen LogP contribution in [0.25, 0.3) is 0 Å². The Morgan fingerprint density at radius 2 is 1.20 bits per heavy atom. The minimum Gasteiger partial charge on any atom is -0.385 e. The van der Waals surface area contributed by atoms with Gasteiger partial charge in [0.05, 0.1) is 26.7 Å². The summed E-state index contributed by atoms with van der Waals surface area (Å²) in [5.74, 6) is 0. The van der Waals surface area contributed by atoms with Crippen molar-refractivity contribution in [3.8, 4) is 0 Å². The lowest BCUT2D eigenvalue weighted by molar-refractivity contribution is -0.909. The molecule has 0 amide bonds. The zero-order valence-corrected chi connectivity index (χ0v) is 20.8. The first-order valence-corrected chi connectivity index (χ1v) is 11.4. The van der Waals surface area contributed by atoms with Crippen molar-refractivity contribution in [1.82, 2.24) is 0 Å². The zero-order valence-electron chi connectivity index (χ0n) is 19.3. The minimum absolute atomic E-state index is 0. The van der Waals surface area contributed by atoms with Crippen molar-refractivity contribution in [2.45, 2.75) is 40.0 Å². The molecule has 0 aliphatic rings. The van der Waals surface area contributed by atoms with Gasteiger partial charge in [-0.2, -0.15) is 0 Å². The van der Waals surface area contributed by atoms with Gasteiger partial charge in [-0.25, -0.2) is 0 Å². The summed E-state index contributed by atoms with van der Waals surface area (Å²) in [6.45, 7) is 11.8. The molecule has 0 saturated heterocycles. The fourth-order valence-corrected chi connectivity index (χ4v) is 4.03. The number of nitrogens with zero attached hydrogens (tertiary/aromatic N) is 1. The summed E-state index contributed by atoms with van der Waals surface area (Å²) in [5, 5.41) is 8.66. The molecule has 0 unspecified atom stereocenters. The Bertz CT molecular complexity index is 717. The fraction of sp³-hybridized carbons (Fsp3) is 0.480. The third kappa shape index (κ3) is 8.75. The van der Waals surface area contributed by atoms with E-state index in [2.05, 4.69) is 48.9 Å². The molecular formula is C25H39Cl2N3. The summed E-state index contributed by atoms with van der Waals surface area (Å²) in [4.78, 5) is 0. The lowest BCUT2D eigenvalue weighted by Gasteiger charge is -2.34. The van der Waals surface area contributed by atoms with Gasteiger partial charge in [-0.3, -0.25) is 0 Å². The molecule has 0 heterocycles. The van der Waals surface area contributed by atoms with Gasteiger partial charge in [-0.15, -0.1) is 0 Å². The summed E-state index contributed by atoms with van der Waals surface area (Å²) >= 11 is 12.4. The number of rotatable bonds is 12. The van der Waals surface area contributed by atoms with E-state index < -0.39 is 0 Å². The molecule has 0 atom stereocenters. The van der Waals surface area contributed by atoms with E-state index in [1.165, 1.54) is 26.1 Å². The van der Waals surface area contributed by atoms with Crippen LogP contribution < -0.4 is 10.6 Å². The molecule has 2 N–H and O–H groups in total. The fourth-order valence-electron chi connectivity index (χ4n) is 3.67. The summed E-state index contributed by atoms with van der Waals surface area (Å²) in [5.41, 5.74) is 4.44. The highest BCUT2D eigenvalue weighted by molar-refractivity contribution is 6.31. The molecule has 0 fully saturated rings. The number of quaternary nitrogens is 1. The number of hydrogen-bond donors (Lipinski definition) is 2. The van der Waals surface area contributed by atoms with Crippen molar-refractivity contribution >= 4 is 34.6 Å². The maximum atomic E-state index is 6.22. The van der Waals surface area contributed by atoms with Gasteiger partial charge in [-0.1, -0.05) is 42.3 Å². The van der Waals surface area contributed by atoms with E-state index in [1.54, 1.807) is 0 Å². The number of hydrogen-bond acceptors (Lipinski definition) is 2. The first-order valence-electron chi connectivity index (χ1n) is 10.7. The van der Waals surface area contributed by atoms with Crippen molar-refractivity contribution in [1.29, 1.82) is 0 Å². The predicted molar refractivity (Wildman–Crippen MR) is 136 cm³/mol. The number of anilines is 2.